The lowest BCUT2D eigenvalue weighted by atomic mass is 10.0. The van der Waals surface area contributed by atoms with Crippen LogP contribution in [0.3, 0.4) is 0 Å². The van der Waals surface area contributed by atoms with Crippen molar-refractivity contribution >= 4 is 10.9 Å². The average Bonchev–Trinajstić information content (AvgIpc) is 2.77. The normalized spacial score (nSPS) is 16.2. The van der Waals surface area contributed by atoms with Crippen LogP contribution < -0.4 is 4.74 Å². The van der Waals surface area contributed by atoms with Crippen LogP contribution >= 0.6 is 0 Å². The third-order valence-corrected chi connectivity index (χ3v) is 5.45. The van der Waals surface area contributed by atoms with E-state index in [0.29, 0.717) is 6.61 Å². The molecule has 2 aromatic carbocycles. The Morgan fingerprint density at radius 1 is 0.929 bits per heavy atom. The quantitative estimate of drug-likeness (QED) is 0.591. The smallest absolute Gasteiger partial charge is 0.125 e. The van der Waals surface area contributed by atoms with E-state index < -0.39 is 0 Å². The van der Waals surface area contributed by atoms with Gasteiger partial charge in [-0.15, -0.1) is 0 Å². The van der Waals surface area contributed by atoms with Gasteiger partial charge in [0.2, 0.25) is 0 Å². The summed E-state index contributed by atoms with van der Waals surface area (Å²) in [5, 5.41) is 1.15. The lowest BCUT2D eigenvalue weighted by molar-refractivity contribution is 0.0537. The summed E-state index contributed by atoms with van der Waals surface area (Å²) in [5.74, 6) is 0.849. The molecule has 4 rings (SSSR count). The molecular weight excluding hydrogens is 348 g/mol. The first-order valence-electron chi connectivity index (χ1n) is 10.2. The van der Waals surface area contributed by atoms with E-state index >= 15 is 0 Å². The van der Waals surface area contributed by atoms with Crippen LogP contribution in [-0.4, -0.2) is 43.2 Å². The van der Waals surface area contributed by atoms with E-state index in [2.05, 4.69) is 41.3 Å². The van der Waals surface area contributed by atoms with E-state index in [0.717, 1.165) is 34.5 Å². The third kappa shape index (κ3) is 4.51. The number of hydrogen-bond donors (Lipinski definition) is 0. The van der Waals surface area contributed by atoms with Crippen molar-refractivity contribution in [1.29, 1.82) is 0 Å². The van der Waals surface area contributed by atoms with Gasteiger partial charge >= 0.3 is 0 Å². The number of nitrogens with zero attached hydrogens (tertiary/aromatic N) is 2. The lowest BCUT2D eigenvalue weighted by Crippen LogP contribution is -2.33. The molecule has 1 aliphatic rings. The van der Waals surface area contributed by atoms with Gasteiger partial charge in [0.25, 0.3) is 0 Å². The molecule has 28 heavy (non-hydrogen) atoms. The van der Waals surface area contributed by atoms with Crippen molar-refractivity contribution in [2.75, 3.05) is 33.4 Å². The second kappa shape index (κ2) is 9.18. The van der Waals surface area contributed by atoms with Crippen molar-refractivity contribution in [2.45, 2.75) is 25.4 Å². The maximum absolute atomic E-state index is 6.39. The van der Waals surface area contributed by atoms with Crippen LogP contribution in [0, 0.1) is 0 Å². The van der Waals surface area contributed by atoms with Crippen molar-refractivity contribution in [3.05, 3.63) is 71.9 Å². The molecule has 0 N–H and O–H groups in total. The Labute approximate surface area is 167 Å². The number of likely N-dealkylation sites (tertiary alicyclic amines) is 1. The second-order valence-electron chi connectivity index (χ2n) is 7.36. The Morgan fingerprint density at radius 2 is 1.71 bits per heavy atom. The summed E-state index contributed by atoms with van der Waals surface area (Å²) in [5.41, 5.74) is 3.04. The molecule has 0 bridgehead atoms. The molecule has 1 aliphatic heterocycles. The third-order valence-electron chi connectivity index (χ3n) is 5.45. The van der Waals surface area contributed by atoms with Crippen LogP contribution in [0.5, 0.6) is 5.75 Å². The van der Waals surface area contributed by atoms with E-state index in [1.807, 2.05) is 24.3 Å². The fourth-order valence-electron chi connectivity index (χ4n) is 3.84. The van der Waals surface area contributed by atoms with Crippen LogP contribution in [0.15, 0.2) is 60.7 Å². The molecule has 0 amide bonds. The fourth-order valence-corrected chi connectivity index (χ4v) is 3.84. The summed E-state index contributed by atoms with van der Waals surface area (Å²) in [6.45, 7) is 4.04. The molecule has 4 nitrogen and oxygen atoms in total. The summed E-state index contributed by atoms with van der Waals surface area (Å²) >= 11 is 0. The van der Waals surface area contributed by atoms with Crippen molar-refractivity contribution < 1.29 is 9.47 Å². The van der Waals surface area contributed by atoms with Crippen molar-refractivity contribution in [1.82, 2.24) is 9.88 Å². The van der Waals surface area contributed by atoms with Crippen molar-refractivity contribution in [3.63, 3.8) is 0 Å². The van der Waals surface area contributed by atoms with Gasteiger partial charge in [-0.25, -0.2) is 4.98 Å². The first-order chi connectivity index (χ1) is 13.8. The van der Waals surface area contributed by atoms with Crippen LogP contribution in [0.2, 0.25) is 0 Å². The molecule has 4 heteroatoms. The van der Waals surface area contributed by atoms with E-state index in [9.17, 15) is 0 Å². The summed E-state index contributed by atoms with van der Waals surface area (Å²) in [7, 11) is 1.69. The molecule has 1 atom stereocenters. The Bertz CT molecular complexity index is 889. The predicted octanol–water partition coefficient (Wildman–Crippen LogP) is 4.84. The highest BCUT2D eigenvalue weighted by Crippen LogP contribution is 2.28. The van der Waals surface area contributed by atoms with Crippen LogP contribution in [0.4, 0.5) is 0 Å². The molecule has 1 fully saturated rings. The molecule has 1 aromatic heterocycles. The highest BCUT2D eigenvalue weighted by molar-refractivity contribution is 5.78. The minimum absolute atomic E-state index is 0.180. The predicted molar refractivity (Wildman–Crippen MR) is 113 cm³/mol. The number of rotatable bonds is 7. The summed E-state index contributed by atoms with van der Waals surface area (Å²) in [6.07, 6.45) is 3.77. The van der Waals surface area contributed by atoms with Gasteiger partial charge < -0.3 is 14.4 Å². The molecule has 0 spiro atoms. The Kier molecular flexibility index (Phi) is 6.20. The van der Waals surface area contributed by atoms with Gasteiger partial charge in [0.05, 0.1) is 24.9 Å². The van der Waals surface area contributed by atoms with E-state index in [1.54, 1.807) is 7.11 Å². The zero-order valence-corrected chi connectivity index (χ0v) is 16.5. The van der Waals surface area contributed by atoms with Gasteiger partial charge in [-0.1, -0.05) is 42.8 Å². The molecule has 0 radical (unpaired) electrons. The molecule has 1 unspecified atom stereocenters. The lowest BCUT2D eigenvalue weighted by Gasteiger charge is -2.27. The van der Waals surface area contributed by atoms with Crippen LogP contribution in [0.25, 0.3) is 10.9 Å². The van der Waals surface area contributed by atoms with Crippen molar-refractivity contribution in [3.8, 4) is 5.75 Å². The summed E-state index contributed by atoms with van der Waals surface area (Å²) in [6, 6.07) is 20.5. The Balaban J connectivity index is 1.55. The van der Waals surface area contributed by atoms with Gasteiger partial charge in [0.1, 0.15) is 11.9 Å². The maximum atomic E-state index is 6.39. The van der Waals surface area contributed by atoms with E-state index in [1.165, 1.54) is 32.4 Å². The SMILES string of the molecule is COc1ccc(C(OCCN2CCCCC2)c2ccc3ccccc3n2)cc1. The number of hydrogen-bond acceptors (Lipinski definition) is 4. The summed E-state index contributed by atoms with van der Waals surface area (Å²) in [4.78, 5) is 7.39. The number of pyridine rings is 1. The molecule has 2 heterocycles. The van der Waals surface area contributed by atoms with Crippen molar-refractivity contribution in [2.24, 2.45) is 0 Å². The first kappa shape index (κ1) is 18.9. The average molecular weight is 376 g/mol. The molecule has 0 saturated carbocycles. The number of methoxy groups -OCH3 is 1. The Morgan fingerprint density at radius 3 is 2.50 bits per heavy atom. The summed E-state index contributed by atoms with van der Waals surface area (Å²) < 4.78 is 11.7. The van der Waals surface area contributed by atoms with Gasteiger partial charge in [-0.3, -0.25) is 0 Å². The minimum atomic E-state index is -0.180. The molecular formula is C24H28N2O2. The van der Waals surface area contributed by atoms with Gasteiger partial charge in [0, 0.05) is 11.9 Å². The molecule has 146 valence electrons. The number of aromatic nitrogens is 1. The minimum Gasteiger partial charge on any atom is -0.497 e. The van der Waals surface area contributed by atoms with E-state index in [4.69, 9.17) is 14.5 Å². The van der Waals surface area contributed by atoms with Gasteiger partial charge in [-0.05, 0) is 55.8 Å². The topological polar surface area (TPSA) is 34.6 Å². The highest BCUT2D eigenvalue weighted by Gasteiger charge is 2.18. The zero-order valence-electron chi connectivity index (χ0n) is 16.5. The molecule has 0 aliphatic carbocycles. The number of ether oxygens (including phenoxy) is 2. The maximum Gasteiger partial charge on any atom is 0.125 e. The number of fused-ring (bicyclic) bond motifs is 1. The van der Waals surface area contributed by atoms with Gasteiger partial charge in [-0.2, -0.15) is 0 Å². The highest BCUT2D eigenvalue weighted by atomic mass is 16.5. The standard InChI is InChI=1S/C24H28N2O2/c1-27-21-12-9-20(10-13-21)24(28-18-17-26-15-5-2-6-16-26)23-14-11-19-7-3-4-8-22(19)25-23/h3-4,7-14,24H,2,5-6,15-18H2,1H3. The van der Waals surface area contributed by atoms with Crippen LogP contribution in [0.1, 0.15) is 36.6 Å². The fraction of sp³-hybridized carbons (Fsp3) is 0.375. The zero-order chi connectivity index (χ0) is 19.2. The monoisotopic (exact) mass is 376 g/mol. The first-order valence-corrected chi connectivity index (χ1v) is 10.2. The van der Waals surface area contributed by atoms with Gasteiger partial charge in [0.15, 0.2) is 0 Å². The van der Waals surface area contributed by atoms with Crippen LogP contribution in [-0.2, 0) is 4.74 Å². The largest absolute Gasteiger partial charge is 0.497 e. The molecule has 1 saturated heterocycles. The Hall–Kier alpha value is -2.43. The van der Waals surface area contributed by atoms with E-state index in [-0.39, 0.29) is 6.10 Å². The molecule has 3 aromatic rings. The number of piperidine rings is 1. The number of para-hydroxylation sites is 1. The number of benzene rings is 2. The second-order valence-corrected chi connectivity index (χ2v) is 7.36.